The number of hydrogen-bond donors (Lipinski definition) is 0. The summed E-state index contributed by atoms with van der Waals surface area (Å²) in [5, 5.41) is 0. The highest BCUT2D eigenvalue weighted by atomic mass is 79.9. The summed E-state index contributed by atoms with van der Waals surface area (Å²) >= 11 is 3.49. The van der Waals surface area contributed by atoms with Crippen LogP contribution in [0.25, 0.3) is 0 Å². The first-order valence-corrected chi connectivity index (χ1v) is 11.7. The van der Waals surface area contributed by atoms with Crippen LogP contribution in [0, 0.1) is 5.92 Å². The minimum absolute atomic E-state index is 0.211. The highest BCUT2D eigenvalue weighted by Gasteiger charge is 2.40. The van der Waals surface area contributed by atoms with Crippen LogP contribution in [0.3, 0.4) is 0 Å². The van der Waals surface area contributed by atoms with E-state index in [4.69, 9.17) is 4.74 Å². The molecule has 0 radical (unpaired) electrons. The molecule has 0 fully saturated rings. The summed E-state index contributed by atoms with van der Waals surface area (Å²) in [6.07, 6.45) is -0.932. The molecule has 168 valence electrons. The Labute approximate surface area is 197 Å². The zero-order valence-corrected chi connectivity index (χ0v) is 20.1. The van der Waals surface area contributed by atoms with Crippen molar-refractivity contribution in [3.05, 3.63) is 93.5 Å². The average Bonchev–Trinajstić information content (AvgIpc) is 2.78. The average molecular weight is 500 g/mol. The Hall–Kier alpha value is -2.40. The molecule has 1 aliphatic rings. The van der Waals surface area contributed by atoms with Crippen LogP contribution in [0.5, 0.6) is 5.75 Å². The minimum atomic E-state index is -2.53. The summed E-state index contributed by atoms with van der Waals surface area (Å²) in [5.74, 6) is 1.24. The fourth-order valence-electron chi connectivity index (χ4n) is 4.66. The van der Waals surface area contributed by atoms with Gasteiger partial charge >= 0.3 is 0 Å². The monoisotopic (exact) mass is 499 g/mol. The molecule has 2 unspecified atom stereocenters. The summed E-state index contributed by atoms with van der Waals surface area (Å²) in [6.45, 7) is 4.36. The molecule has 2 atom stereocenters. The molecule has 0 N–H and O–H groups in total. The molecule has 0 saturated heterocycles. The number of fused-ring (bicyclic) bond motifs is 1. The molecule has 0 saturated carbocycles. The number of halogens is 3. The fraction of sp³-hybridized carbons (Fsp3) is 0.333. The number of ether oxygens (including phenoxy) is 1. The SMILES string of the molecule is COc1ccc2c(c1)CC(c1ccc(Br)cc1)N(c1ccc(CC(C)C)cc1)C2C(F)F. The molecule has 0 spiro atoms. The maximum Gasteiger partial charge on any atom is 0.262 e. The lowest BCUT2D eigenvalue weighted by Gasteiger charge is -2.45. The molecule has 3 aromatic rings. The molecule has 5 heteroatoms. The molecular weight excluding hydrogens is 472 g/mol. The van der Waals surface area contributed by atoms with Gasteiger partial charge in [-0.25, -0.2) is 8.78 Å². The van der Waals surface area contributed by atoms with Gasteiger partial charge in [-0.05, 0) is 77.4 Å². The second kappa shape index (κ2) is 9.62. The number of anilines is 1. The van der Waals surface area contributed by atoms with Crippen LogP contribution >= 0.6 is 15.9 Å². The molecule has 2 nitrogen and oxygen atoms in total. The van der Waals surface area contributed by atoms with E-state index in [0.29, 0.717) is 23.7 Å². The van der Waals surface area contributed by atoms with Gasteiger partial charge in [-0.15, -0.1) is 0 Å². The van der Waals surface area contributed by atoms with Gasteiger partial charge in [-0.3, -0.25) is 0 Å². The summed E-state index contributed by atoms with van der Waals surface area (Å²) in [5.41, 5.74) is 4.63. The number of hydrogen-bond acceptors (Lipinski definition) is 2. The third kappa shape index (κ3) is 4.68. The number of benzene rings is 3. The quantitative estimate of drug-likeness (QED) is 0.343. The molecule has 4 rings (SSSR count). The molecule has 0 aliphatic carbocycles. The van der Waals surface area contributed by atoms with E-state index in [0.717, 1.165) is 27.7 Å². The Morgan fingerprint density at radius 3 is 2.28 bits per heavy atom. The lowest BCUT2D eigenvalue weighted by atomic mass is 9.84. The lowest BCUT2D eigenvalue weighted by Crippen LogP contribution is -2.41. The van der Waals surface area contributed by atoms with Crippen LogP contribution in [0.4, 0.5) is 14.5 Å². The first-order chi connectivity index (χ1) is 15.4. The minimum Gasteiger partial charge on any atom is -0.497 e. The molecule has 1 heterocycles. The van der Waals surface area contributed by atoms with Gasteiger partial charge in [0.1, 0.15) is 11.8 Å². The maximum absolute atomic E-state index is 14.6. The maximum atomic E-state index is 14.6. The van der Waals surface area contributed by atoms with Crippen LogP contribution in [0.2, 0.25) is 0 Å². The smallest absolute Gasteiger partial charge is 0.262 e. The van der Waals surface area contributed by atoms with E-state index in [2.05, 4.69) is 41.9 Å². The van der Waals surface area contributed by atoms with Crippen molar-refractivity contribution in [3.8, 4) is 5.75 Å². The summed E-state index contributed by atoms with van der Waals surface area (Å²) < 4.78 is 35.6. The normalized spacial score (nSPS) is 18.2. The van der Waals surface area contributed by atoms with E-state index in [1.807, 2.05) is 47.4 Å². The molecule has 0 amide bonds. The van der Waals surface area contributed by atoms with Crippen LogP contribution in [0.1, 0.15) is 48.2 Å². The second-order valence-electron chi connectivity index (χ2n) is 8.79. The highest BCUT2D eigenvalue weighted by molar-refractivity contribution is 9.10. The largest absolute Gasteiger partial charge is 0.497 e. The van der Waals surface area contributed by atoms with Gasteiger partial charge in [0.2, 0.25) is 0 Å². The second-order valence-corrected chi connectivity index (χ2v) is 9.70. The van der Waals surface area contributed by atoms with Gasteiger partial charge < -0.3 is 9.64 Å². The van der Waals surface area contributed by atoms with E-state index in [1.165, 1.54) is 5.56 Å². The van der Waals surface area contributed by atoms with Crippen LogP contribution in [-0.2, 0) is 12.8 Å². The van der Waals surface area contributed by atoms with Gasteiger partial charge in [0.15, 0.2) is 0 Å². The van der Waals surface area contributed by atoms with Crippen molar-refractivity contribution in [2.24, 2.45) is 5.92 Å². The summed E-state index contributed by atoms with van der Waals surface area (Å²) in [6, 6.07) is 20.3. The van der Waals surface area contributed by atoms with E-state index >= 15 is 0 Å². The van der Waals surface area contributed by atoms with Gasteiger partial charge in [0.05, 0.1) is 13.2 Å². The molecule has 3 aromatic carbocycles. The number of methoxy groups -OCH3 is 1. The van der Waals surface area contributed by atoms with Crippen LogP contribution < -0.4 is 9.64 Å². The summed E-state index contributed by atoms with van der Waals surface area (Å²) in [4.78, 5) is 1.90. The highest BCUT2D eigenvalue weighted by Crippen LogP contribution is 2.46. The Balaban J connectivity index is 1.83. The van der Waals surface area contributed by atoms with Gasteiger partial charge in [-0.2, -0.15) is 0 Å². The van der Waals surface area contributed by atoms with Gasteiger partial charge in [-0.1, -0.05) is 60.1 Å². The van der Waals surface area contributed by atoms with Gasteiger partial charge in [0, 0.05) is 10.2 Å². The van der Waals surface area contributed by atoms with Crippen molar-refractivity contribution >= 4 is 21.6 Å². The Morgan fingerprint density at radius 1 is 1.00 bits per heavy atom. The van der Waals surface area contributed by atoms with E-state index in [1.54, 1.807) is 19.2 Å². The third-order valence-corrected chi connectivity index (χ3v) is 6.62. The van der Waals surface area contributed by atoms with Crippen molar-refractivity contribution < 1.29 is 13.5 Å². The number of nitrogens with zero attached hydrogens (tertiary/aromatic N) is 1. The zero-order valence-electron chi connectivity index (χ0n) is 18.6. The predicted molar refractivity (Wildman–Crippen MR) is 130 cm³/mol. The third-order valence-electron chi connectivity index (χ3n) is 6.09. The fourth-order valence-corrected chi connectivity index (χ4v) is 4.93. The topological polar surface area (TPSA) is 12.5 Å². The van der Waals surface area contributed by atoms with Crippen molar-refractivity contribution in [1.29, 1.82) is 0 Å². The first kappa shape index (κ1) is 22.8. The van der Waals surface area contributed by atoms with E-state index in [-0.39, 0.29) is 6.04 Å². The first-order valence-electron chi connectivity index (χ1n) is 10.9. The molecule has 0 bridgehead atoms. The molecule has 1 aliphatic heterocycles. The van der Waals surface area contributed by atoms with E-state index in [9.17, 15) is 8.78 Å². The van der Waals surface area contributed by atoms with E-state index < -0.39 is 12.5 Å². The van der Waals surface area contributed by atoms with Crippen molar-refractivity contribution in [2.75, 3.05) is 12.0 Å². The lowest BCUT2D eigenvalue weighted by molar-refractivity contribution is 0.104. The summed E-state index contributed by atoms with van der Waals surface area (Å²) in [7, 11) is 1.60. The van der Waals surface area contributed by atoms with Crippen LogP contribution in [0.15, 0.2) is 71.2 Å². The standard InChI is InChI=1S/C27H28BrF2NO/c1-17(2)14-18-4-10-22(11-5-18)31-25(19-6-8-21(28)9-7-19)16-20-15-23(32-3)12-13-24(20)26(31)27(29)30/h4-13,15,17,25-27H,14,16H2,1-3H3. The van der Waals surface area contributed by atoms with Crippen LogP contribution in [-0.4, -0.2) is 13.5 Å². The molecule has 32 heavy (non-hydrogen) atoms. The van der Waals surface area contributed by atoms with Crippen molar-refractivity contribution in [2.45, 2.75) is 45.2 Å². The Morgan fingerprint density at radius 2 is 1.69 bits per heavy atom. The van der Waals surface area contributed by atoms with Crippen molar-refractivity contribution in [3.63, 3.8) is 0 Å². The van der Waals surface area contributed by atoms with Crippen molar-refractivity contribution in [1.82, 2.24) is 0 Å². The Kier molecular flexibility index (Phi) is 6.85. The van der Waals surface area contributed by atoms with Gasteiger partial charge in [0.25, 0.3) is 6.43 Å². The number of rotatable bonds is 6. The Bertz CT molecular complexity index is 1050. The zero-order chi connectivity index (χ0) is 22.8. The number of alkyl halides is 2. The molecular formula is C27H28BrF2NO. The predicted octanol–water partition coefficient (Wildman–Crippen LogP) is 7.77. The molecule has 0 aromatic heterocycles.